The highest BCUT2D eigenvalue weighted by molar-refractivity contribution is 9.10. The fourth-order valence-electron chi connectivity index (χ4n) is 1.07. The highest BCUT2D eigenvalue weighted by Gasteiger charge is 2.07. The van der Waals surface area contributed by atoms with E-state index in [1.807, 2.05) is 0 Å². The molecule has 3 N–H and O–H groups in total. The smallest absolute Gasteiger partial charge is 0.404 e. The zero-order valence-corrected chi connectivity index (χ0v) is 9.44. The van der Waals surface area contributed by atoms with Crippen molar-refractivity contribution in [3.05, 3.63) is 28.5 Å². The van der Waals surface area contributed by atoms with Crippen molar-refractivity contribution in [1.82, 2.24) is 10.3 Å². The molecule has 1 atom stereocenters. The van der Waals surface area contributed by atoms with Crippen molar-refractivity contribution >= 4 is 22.0 Å². The topological polar surface area (TPSA) is 82.5 Å². The Morgan fingerprint density at radius 3 is 2.87 bits per heavy atom. The first-order valence-corrected chi connectivity index (χ1v) is 5.15. The Balaban J connectivity index is 2.43. The summed E-state index contributed by atoms with van der Waals surface area (Å²) in [5.74, 6) is 0. The van der Waals surface area contributed by atoms with Gasteiger partial charge in [0.25, 0.3) is 0 Å². The molecule has 0 bridgehead atoms. The Morgan fingerprint density at radius 2 is 2.33 bits per heavy atom. The third kappa shape index (κ3) is 4.26. The second-order valence-electron chi connectivity index (χ2n) is 2.95. The number of nitrogens with one attached hydrogen (secondary N) is 1. The second-order valence-corrected chi connectivity index (χ2v) is 3.76. The molecule has 1 aromatic heterocycles. The van der Waals surface area contributed by atoms with Crippen molar-refractivity contribution in [3.8, 4) is 0 Å². The third-order valence-electron chi connectivity index (χ3n) is 1.83. The van der Waals surface area contributed by atoms with Crippen LogP contribution in [0.5, 0.6) is 0 Å². The molecule has 0 spiro atoms. The average Bonchev–Trinajstić information content (AvgIpc) is 2.18. The molecule has 1 rings (SSSR count). The molecule has 0 aromatic carbocycles. The largest absolute Gasteiger partial charge is 0.465 e. The lowest BCUT2D eigenvalue weighted by Gasteiger charge is -2.10. The molecule has 0 aliphatic carbocycles. The van der Waals surface area contributed by atoms with E-state index in [2.05, 4.69) is 26.2 Å². The van der Waals surface area contributed by atoms with E-state index in [4.69, 9.17) is 5.11 Å². The molecule has 0 aliphatic rings. The van der Waals surface area contributed by atoms with Crippen molar-refractivity contribution in [1.29, 1.82) is 0 Å². The van der Waals surface area contributed by atoms with Crippen molar-refractivity contribution in [2.75, 3.05) is 6.54 Å². The molecular formula is C9H11BrN2O3. The van der Waals surface area contributed by atoms with E-state index in [0.717, 1.165) is 0 Å². The van der Waals surface area contributed by atoms with E-state index >= 15 is 0 Å². The summed E-state index contributed by atoms with van der Waals surface area (Å²) in [6.45, 7) is 0.215. The van der Waals surface area contributed by atoms with Gasteiger partial charge in [-0.2, -0.15) is 0 Å². The number of aliphatic hydroxyl groups is 1. The molecule has 5 nitrogen and oxygen atoms in total. The SMILES string of the molecule is O=C(O)NCCC(O)c1ccc(Br)nc1. The van der Waals surface area contributed by atoms with Crippen molar-refractivity contribution in [2.45, 2.75) is 12.5 Å². The molecule has 1 heterocycles. The van der Waals surface area contributed by atoms with Gasteiger partial charge in [0.15, 0.2) is 0 Å². The van der Waals surface area contributed by atoms with Gasteiger partial charge in [-0.3, -0.25) is 0 Å². The van der Waals surface area contributed by atoms with Gasteiger partial charge in [-0.25, -0.2) is 9.78 Å². The number of hydrogen-bond donors (Lipinski definition) is 3. The Hall–Kier alpha value is -1.14. The van der Waals surface area contributed by atoms with Gasteiger partial charge < -0.3 is 15.5 Å². The molecule has 6 heteroatoms. The minimum atomic E-state index is -1.09. The number of rotatable bonds is 4. The predicted octanol–water partition coefficient (Wildman–Crippen LogP) is 1.54. The van der Waals surface area contributed by atoms with Crippen LogP contribution in [-0.2, 0) is 0 Å². The van der Waals surface area contributed by atoms with Crippen molar-refractivity contribution in [3.63, 3.8) is 0 Å². The Labute approximate surface area is 95.3 Å². The van der Waals surface area contributed by atoms with Crippen molar-refractivity contribution in [2.24, 2.45) is 0 Å². The fourth-order valence-corrected chi connectivity index (χ4v) is 1.30. The fraction of sp³-hybridized carbons (Fsp3) is 0.333. The maximum Gasteiger partial charge on any atom is 0.404 e. The second kappa shape index (κ2) is 5.67. The number of aliphatic hydroxyl groups excluding tert-OH is 1. The summed E-state index contributed by atoms with van der Waals surface area (Å²) < 4.78 is 0.696. The highest BCUT2D eigenvalue weighted by atomic mass is 79.9. The van der Waals surface area contributed by atoms with Crippen LogP contribution in [0.4, 0.5) is 4.79 Å². The van der Waals surface area contributed by atoms with Crippen LogP contribution in [0.2, 0.25) is 0 Å². The molecule has 1 aromatic rings. The van der Waals surface area contributed by atoms with Gasteiger partial charge >= 0.3 is 6.09 Å². The number of carboxylic acid groups (broad SMARTS) is 1. The van der Waals surface area contributed by atoms with Crippen LogP contribution in [0.3, 0.4) is 0 Å². The summed E-state index contributed by atoms with van der Waals surface area (Å²) in [7, 11) is 0. The number of halogens is 1. The zero-order valence-electron chi connectivity index (χ0n) is 7.85. The molecule has 15 heavy (non-hydrogen) atoms. The van der Waals surface area contributed by atoms with E-state index in [9.17, 15) is 9.90 Å². The zero-order chi connectivity index (χ0) is 11.3. The van der Waals surface area contributed by atoms with Crippen LogP contribution in [0.1, 0.15) is 18.1 Å². The maximum absolute atomic E-state index is 10.2. The van der Waals surface area contributed by atoms with E-state index in [1.54, 1.807) is 18.3 Å². The van der Waals surface area contributed by atoms with E-state index < -0.39 is 12.2 Å². The van der Waals surface area contributed by atoms with Gasteiger partial charge in [0.1, 0.15) is 4.60 Å². The number of hydrogen-bond acceptors (Lipinski definition) is 3. The number of amides is 1. The summed E-state index contributed by atoms with van der Waals surface area (Å²) in [5.41, 5.74) is 0.672. The highest BCUT2D eigenvalue weighted by Crippen LogP contribution is 2.16. The van der Waals surface area contributed by atoms with Crippen LogP contribution in [0, 0.1) is 0 Å². The monoisotopic (exact) mass is 274 g/mol. The van der Waals surface area contributed by atoms with Crippen LogP contribution in [0.15, 0.2) is 22.9 Å². The van der Waals surface area contributed by atoms with E-state index in [0.29, 0.717) is 16.6 Å². The lowest BCUT2D eigenvalue weighted by Crippen LogP contribution is -2.23. The quantitative estimate of drug-likeness (QED) is 0.728. The average molecular weight is 275 g/mol. The van der Waals surface area contributed by atoms with E-state index in [-0.39, 0.29) is 6.54 Å². The Kier molecular flexibility index (Phi) is 4.51. The maximum atomic E-state index is 10.2. The summed E-state index contributed by atoms with van der Waals surface area (Å²) in [6.07, 6.45) is 0.0964. The van der Waals surface area contributed by atoms with Crippen LogP contribution in [-0.4, -0.2) is 27.8 Å². The first kappa shape index (κ1) is 11.9. The van der Waals surface area contributed by atoms with E-state index in [1.165, 1.54) is 0 Å². The standard InChI is InChI=1S/C9H11BrN2O3/c10-8-2-1-6(5-12-8)7(13)3-4-11-9(14)15/h1-2,5,7,11,13H,3-4H2,(H,14,15). The number of carbonyl (C=O) groups is 1. The summed E-state index contributed by atoms with van der Waals surface area (Å²) in [5, 5.41) is 20.1. The van der Waals surface area contributed by atoms with Gasteiger partial charge in [0.2, 0.25) is 0 Å². The number of pyridine rings is 1. The molecule has 0 saturated carbocycles. The van der Waals surface area contributed by atoms with Crippen LogP contribution >= 0.6 is 15.9 Å². The lowest BCUT2D eigenvalue weighted by molar-refractivity contribution is 0.162. The summed E-state index contributed by atoms with van der Waals surface area (Å²) >= 11 is 3.18. The van der Waals surface area contributed by atoms with Crippen LogP contribution in [0.25, 0.3) is 0 Å². The summed E-state index contributed by atoms with van der Waals surface area (Å²) in [6, 6.07) is 3.46. The Morgan fingerprint density at radius 1 is 1.60 bits per heavy atom. The predicted molar refractivity (Wildman–Crippen MR) is 57.5 cm³/mol. The van der Waals surface area contributed by atoms with Gasteiger partial charge in [0.05, 0.1) is 6.10 Å². The van der Waals surface area contributed by atoms with Gasteiger partial charge in [-0.1, -0.05) is 6.07 Å². The molecule has 1 unspecified atom stereocenters. The number of nitrogens with zero attached hydrogens (tertiary/aromatic N) is 1. The minimum absolute atomic E-state index is 0.215. The van der Waals surface area contributed by atoms with Gasteiger partial charge in [0, 0.05) is 12.7 Å². The number of aromatic nitrogens is 1. The normalized spacial score (nSPS) is 12.1. The van der Waals surface area contributed by atoms with Gasteiger partial charge in [-0.05, 0) is 34.0 Å². The first-order valence-electron chi connectivity index (χ1n) is 4.36. The molecule has 0 saturated heterocycles. The lowest BCUT2D eigenvalue weighted by atomic mass is 10.1. The molecule has 1 amide bonds. The Bertz CT molecular complexity index is 329. The third-order valence-corrected chi connectivity index (χ3v) is 2.30. The molecule has 82 valence electrons. The molecule has 0 aliphatic heterocycles. The molecule has 0 radical (unpaired) electrons. The van der Waals surface area contributed by atoms with Gasteiger partial charge in [-0.15, -0.1) is 0 Å². The molecule has 0 fully saturated rings. The first-order chi connectivity index (χ1) is 7.09. The van der Waals surface area contributed by atoms with Crippen LogP contribution < -0.4 is 5.32 Å². The van der Waals surface area contributed by atoms with Crippen molar-refractivity contribution < 1.29 is 15.0 Å². The summed E-state index contributed by atoms with van der Waals surface area (Å²) in [4.78, 5) is 14.1. The molecular weight excluding hydrogens is 264 g/mol. The minimum Gasteiger partial charge on any atom is -0.465 e.